The smallest absolute Gasteiger partial charge is 0.336 e. The molecule has 104 valence electrons. The molecule has 0 radical (unpaired) electrons. The molecule has 3 heteroatoms. The number of carbonyl (C=O) groups is 1. The highest BCUT2D eigenvalue weighted by Gasteiger charge is 2.34. The van der Waals surface area contributed by atoms with E-state index in [0.717, 1.165) is 12.8 Å². The van der Waals surface area contributed by atoms with Crippen molar-refractivity contribution >= 4 is 5.97 Å². The van der Waals surface area contributed by atoms with Crippen LogP contribution >= 0.6 is 0 Å². The minimum Gasteiger partial charge on any atom is -0.456 e. The molecule has 18 heavy (non-hydrogen) atoms. The number of hydrogen-bond donors (Lipinski definition) is 1. The minimum absolute atomic E-state index is 0.349. The van der Waals surface area contributed by atoms with Crippen LogP contribution in [-0.2, 0) is 9.53 Å². The summed E-state index contributed by atoms with van der Waals surface area (Å²) in [6, 6.07) is 0. The molecule has 1 saturated heterocycles. The molecule has 0 aromatic carbocycles. The van der Waals surface area contributed by atoms with E-state index in [9.17, 15) is 9.90 Å². The highest BCUT2D eigenvalue weighted by Crippen LogP contribution is 2.21. The molecule has 0 aromatic rings. The summed E-state index contributed by atoms with van der Waals surface area (Å²) in [5, 5.41) is 9.71. The molecule has 0 amide bonds. The molecule has 0 saturated carbocycles. The molecule has 0 bridgehead atoms. The van der Waals surface area contributed by atoms with Crippen molar-refractivity contribution < 1.29 is 14.6 Å². The molecular weight excluding hydrogens is 228 g/mol. The van der Waals surface area contributed by atoms with Gasteiger partial charge in [0.05, 0.1) is 5.57 Å². The van der Waals surface area contributed by atoms with Crippen molar-refractivity contribution in [1.82, 2.24) is 0 Å². The fourth-order valence-electron chi connectivity index (χ4n) is 2.24. The topological polar surface area (TPSA) is 46.5 Å². The number of aliphatic hydroxyl groups is 1. The Morgan fingerprint density at radius 1 is 1.17 bits per heavy atom. The normalized spacial score (nSPS) is 25.7. The van der Waals surface area contributed by atoms with Gasteiger partial charge in [-0.05, 0) is 19.8 Å². The van der Waals surface area contributed by atoms with Gasteiger partial charge in [-0.3, -0.25) is 0 Å². The van der Waals surface area contributed by atoms with E-state index in [1.165, 1.54) is 38.5 Å². The number of cyclic esters (lactones) is 1. The summed E-state index contributed by atoms with van der Waals surface area (Å²) in [6.45, 7) is 3.94. The zero-order valence-electron chi connectivity index (χ0n) is 11.7. The molecule has 3 nitrogen and oxygen atoms in total. The van der Waals surface area contributed by atoms with Crippen LogP contribution in [0.5, 0.6) is 0 Å². The molecular formula is C15H26O3. The van der Waals surface area contributed by atoms with E-state index >= 15 is 0 Å². The van der Waals surface area contributed by atoms with Gasteiger partial charge in [-0.25, -0.2) is 4.79 Å². The van der Waals surface area contributed by atoms with Crippen LogP contribution in [0.2, 0.25) is 0 Å². The average molecular weight is 254 g/mol. The summed E-state index contributed by atoms with van der Waals surface area (Å²) in [5.74, 6) is -0.349. The van der Waals surface area contributed by atoms with Gasteiger partial charge in [0.1, 0.15) is 12.2 Å². The second kappa shape index (κ2) is 8.30. The standard InChI is InChI=1S/C15H26O3/c1-3-4-5-6-7-8-9-10-11-13-14(16)12(2)18-15(13)17/h11-12,14,16H,3-10H2,1-2H3/b13-11-. The Kier molecular flexibility index (Phi) is 7.02. The van der Waals surface area contributed by atoms with E-state index in [1.54, 1.807) is 6.92 Å². The predicted molar refractivity (Wildman–Crippen MR) is 72.3 cm³/mol. The highest BCUT2D eigenvalue weighted by atomic mass is 16.6. The first-order chi connectivity index (χ1) is 8.66. The van der Waals surface area contributed by atoms with Crippen molar-refractivity contribution in [3.63, 3.8) is 0 Å². The highest BCUT2D eigenvalue weighted by molar-refractivity contribution is 5.92. The van der Waals surface area contributed by atoms with Crippen molar-refractivity contribution in [1.29, 1.82) is 0 Å². The molecule has 1 heterocycles. The largest absolute Gasteiger partial charge is 0.456 e. The third kappa shape index (κ3) is 4.81. The predicted octanol–water partition coefficient (Wildman–Crippen LogP) is 3.36. The Balaban J connectivity index is 2.11. The van der Waals surface area contributed by atoms with Crippen LogP contribution in [0.15, 0.2) is 11.6 Å². The number of unbranched alkanes of at least 4 members (excludes halogenated alkanes) is 7. The molecule has 0 aromatic heterocycles. The van der Waals surface area contributed by atoms with Crippen molar-refractivity contribution in [3.05, 3.63) is 11.6 Å². The Bertz CT molecular complexity index is 283. The Morgan fingerprint density at radius 2 is 1.78 bits per heavy atom. The van der Waals surface area contributed by atoms with Crippen LogP contribution in [0.1, 0.15) is 65.2 Å². The number of carbonyl (C=O) groups excluding carboxylic acids is 1. The lowest BCUT2D eigenvalue weighted by molar-refractivity contribution is -0.138. The summed E-state index contributed by atoms with van der Waals surface area (Å²) in [5.41, 5.74) is 0.452. The number of rotatable bonds is 8. The maximum absolute atomic E-state index is 11.4. The van der Waals surface area contributed by atoms with Gasteiger partial charge in [0, 0.05) is 0 Å². The number of aliphatic hydroxyl groups excluding tert-OH is 1. The number of ether oxygens (including phenoxy) is 1. The van der Waals surface area contributed by atoms with Crippen molar-refractivity contribution in [2.45, 2.75) is 77.4 Å². The fraction of sp³-hybridized carbons (Fsp3) is 0.800. The van der Waals surface area contributed by atoms with Crippen LogP contribution < -0.4 is 0 Å². The zero-order valence-corrected chi connectivity index (χ0v) is 11.7. The molecule has 2 unspecified atom stereocenters. The van der Waals surface area contributed by atoms with Gasteiger partial charge >= 0.3 is 5.97 Å². The first-order valence-corrected chi connectivity index (χ1v) is 7.26. The van der Waals surface area contributed by atoms with Crippen LogP contribution in [0, 0.1) is 0 Å². The first-order valence-electron chi connectivity index (χ1n) is 7.26. The van der Waals surface area contributed by atoms with Crippen LogP contribution in [0.25, 0.3) is 0 Å². The molecule has 1 aliphatic heterocycles. The summed E-state index contributed by atoms with van der Waals surface area (Å²) in [7, 11) is 0. The maximum atomic E-state index is 11.4. The van der Waals surface area contributed by atoms with Gasteiger partial charge in [-0.2, -0.15) is 0 Å². The van der Waals surface area contributed by atoms with E-state index in [4.69, 9.17) is 4.74 Å². The maximum Gasteiger partial charge on any atom is 0.336 e. The van der Waals surface area contributed by atoms with Crippen LogP contribution in [0.3, 0.4) is 0 Å². The Labute approximate surface area is 110 Å². The van der Waals surface area contributed by atoms with Gasteiger partial charge in [-0.15, -0.1) is 0 Å². The molecule has 0 aliphatic carbocycles. The third-order valence-electron chi connectivity index (χ3n) is 3.46. The summed E-state index contributed by atoms with van der Waals surface area (Å²) in [4.78, 5) is 11.4. The quantitative estimate of drug-likeness (QED) is 0.410. The van der Waals surface area contributed by atoms with Crippen molar-refractivity contribution in [2.75, 3.05) is 0 Å². The summed E-state index contributed by atoms with van der Waals surface area (Å²) in [6.07, 6.45) is 10.4. The molecule has 1 aliphatic rings. The van der Waals surface area contributed by atoms with Gasteiger partial charge in [-0.1, -0.05) is 51.5 Å². The lowest BCUT2D eigenvalue weighted by atomic mass is 10.0. The lowest BCUT2D eigenvalue weighted by Crippen LogP contribution is -2.17. The van der Waals surface area contributed by atoms with Crippen molar-refractivity contribution in [3.8, 4) is 0 Å². The molecule has 0 spiro atoms. The van der Waals surface area contributed by atoms with E-state index in [2.05, 4.69) is 6.92 Å². The first kappa shape index (κ1) is 15.2. The number of esters is 1. The van der Waals surface area contributed by atoms with Gasteiger partial charge in [0.25, 0.3) is 0 Å². The van der Waals surface area contributed by atoms with Gasteiger partial charge in [0.2, 0.25) is 0 Å². The second-order valence-corrected chi connectivity index (χ2v) is 5.12. The van der Waals surface area contributed by atoms with Gasteiger partial charge in [0.15, 0.2) is 0 Å². The SMILES string of the molecule is CCCCCCCCC/C=C1\C(=O)OC(C)C1O. The van der Waals surface area contributed by atoms with E-state index in [1.807, 2.05) is 6.08 Å². The summed E-state index contributed by atoms with van der Waals surface area (Å²) >= 11 is 0. The molecule has 1 fully saturated rings. The van der Waals surface area contributed by atoms with Gasteiger partial charge < -0.3 is 9.84 Å². The molecule has 2 atom stereocenters. The third-order valence-corrected chi connectivity index (χ3v) is 3.46. The van der Waals surface area contributed by atoms with Crippen LogP contribution in [0.4, 0.5) is 0 Å². The molecule has 1 rings (SSSR count). The minimum atomic E-state index is -0.734. The average Bonchev–Trinajstić information content (AvgIpc) is 2.58. The number of hydrogen-bond acceptors (Lipinski definition) is 3. The van der Waals surface area contributed by atoms with E-state index in [-0.39, 0.29) is 5.97 Å². The molecule has 1 N–H and O–H groups in total. The Morgan fingerprint density at radius 3 is 2.33 bits per heavy atom. The van der Waals surface area contributed by atoms with Crippen molar-refractivity contribution in [2.24, 2.45) is 0 Å². The van der Waals surface area contributed by atoms with E-state index in [0.29, 0.717) is 5.57 Å². The monoisotopic (exact) mass is 254 g/mol. The summed E-state index contributed by atoms with van der Waals surface area (Å²) < 4.78 is 4.95. The fourth-order valence-corrected chi connectivity index (χ4v) is 2.24. The van der Waals surface area contributed by atoms with Crippen LogP contribution in [-0.4, -0.2) is 23.3 Å². The lowest BCUT2D eigenvalue weighted by Gasteiger charge is -2.04. The Hall–Kier alpha value is -0.830. The second-order valence-electron chi connectivity index (χ2n) is 5.12. The zero-order chi connectivity index (χ0) is 13.4. The van der Waals surface area contributed by atoms with E-state index < -0.39 is 12.2 Å². The number of allylic oxidation sites excluding steroid dienone is 1.